The molecule has 1 saturated carbocycles. The Kier molecular flexibility index (Phi) is 2.70. The zero-order valence-electron chi connectivity index (χ0n) is 10.2. The van der Waals surface area contributed by atoms with Crippen LogP contribution in [0.5, 0.6) is 0 Å². The molecule has 2 aromatic heterocycles. The number of esters is 1. The molecule has 2 heterocycles. The summed E-state index contributed by atoms with van der Waals surface area (Å²) in [5.41, 5.74) is 1.08. The van der Waals surface area contributed by atoms with Crippen LogP contribution in [0.2, 0.25) is 0 Å². The van der Waals surface area contributed by atoms with Crippen molar-refractivity contribution in [3.63, 3.8) is 0 Å². The molecule has 0 amide bonds. The van der Waals surface area contributed by atoms with Crippen molar-refractivity contribution >= 4 is 11.7 Å². The summed E-state index contributed by atoms with van der Waals surface area (Å²) in [7, 11) is 1.32. The van der Waals surface area contributed by atoms with E-state index in [9.17, 15) is 4.79 Å². The van der Waals surface area contributed by atoms with Gasteiger partial charge in [0, 0.05) is 12.1 Å². The number of nitrogens with zero attached hydrogens (tertiary/aromatic N) is 4. The molecule has 18 heavy (non-hydrogen) atoms. The molecule has 0 bridgehead atoms. The van der Waals surface area contributed by atoms with Gasteiger partial charge in [0.05, 0.1) is 12.8 Å². The topological polar surface area (TPSA) is 69.4 Å². The summed E-state index contributed by atoms with van der Waals surface area (Å²) in [6, 6.07) is 1.96. The van der Waals surface area contributed by atoms with Crippen molar-refractivity contribution in [1.29, 1.82) is 0 Å². The van der Waals surface area contributed by atoms with Gasteiger partial charge in [-0.05, 0) is 18.9 Å². The molecule has 0 aliphatic heterocycles. The van der Waals surface area contributed by atoms with E-state index in [0.717, 1.165) is 18.5 Å². The number of hydrogen-bond acceptors (Lipinski definition) is 5. The van der Waals surface area contributed by atoms with Crippen LogP contribution >= 0.6 is 0 Å². The summed E-state index contributed by atoms with van der Waals surface area (Å²) >= 11 is 0. The highest BCUT2D eigenvalue weighted by Gasteiger charge is 2.22. The van der Waals surface area contributed by atoms with E-state index in [1.165, 1.54) is 20.0 Å². The third-order valence-electron chi connectivity index (χ3n) is 3.41. The Morgan fingerprint density at radius 1 is 1.44 bits per heavy atom. The smallest absolute Gasteiger partial charge is 0.378 e. The standard InChI is InChI=1S/C12H14N4O2/c1-18-11(17)10-14-12-13-7-6-9(16(12)15-10)8-4-2-3-5-8/h6-8H,2-5H2,1H3. The molecule has 0 spiro atoms. The SMILES string of the molecule is COC(=O)c1nc2nccc(C3CCCC3)n2n1. The summed E-state index contributed by atoms with van der Waals surface area (Å²) in [5.74, 6) is 0.482. The largest absolute Gasteiger partial charge is 0.463 e. The Hall–Kier alpha value is -1.98. The lowest BCUT2D eigenvalue weighted by atomic mass is 10.0. The fraction of sp³-hybridized carbons (Fsp3) is 0.500. The molecule has 0 saturated heterocycles. The van der Waals surface area contributed by atoms with Gasteiger partial charge in [-0.2, -0.15) is 4.98 Å². The van der Waals surface area contributed by atoms with Gasteiger partial charge in [-0.15, -0.1) is 5.10 Å². The van der Waals surface area contributed by atoms with Crippen LogP contribution in [-0.4, -0.2) is 32.7 Å². The molecule has 0 radical (unpaired) electrons. The van der Waals surface area contributed by atoms with Crippen LogP contribution in [0.25, 0.3) is 5.78 Å². The van der Waals surface area contributed by atoms with Crippen molar-refractivity contribution in [2.24, 2.45) is 0 Å². The lowest BCUT2D eigenvalue weighted by Crippen LogP contribution is -2.06. The van der Waals surface area contributed by atoms with Gasteiger partial charge < -0.3 is 4.74 Å². The molecule has 0 unspecified atom stereocenters. The van der Waals surface area contributed by atoms with E-state index in [2.05, 4.69) is 19.8 Å². The highest BCUT2D eigenvalue weighted by atomic mass is 16.5. The van der Waals surface area contributed by atoms with Crippen LogP contribution in [0.3, 0.4) is 0 Å². The number of fused-ring (bicyclic) bond motifs is 1. The number of carbonyl (C=O) groups is 1. The molecule has 0 N–H and O–H groups in total. The van der Waals surface area contributed by atoms with E-state index >= 15 is 0 Å². The minimum absolute atomic E-state index is 0.0652. The summed E-state index contributed by atoms with van der Waals surface area (Å²) < 4.78 is 6.30. The van der Waals surface area contributed by atoms with Gasteiger partial charge in [0.15, 0.2) is 0 Å². The second kappa shape index (κ2) is 4.36. The van der Waals surface area contributed by atoms with Crippen molar-refractivity contribution in [1.82, 2.24) is 19.6 Å². The van der Waals surface area contributed by atoms with Gasteiger partial charge in [0.2, 0.25) is 0 Å². The average Bonchev–Trinajstić information content (AvgIpc) is 3.05. The van der Waals surface area contributed by atoms with Crippen LogP contribution in [0.15, 0.2) is 12.3 Å². The first kappa shape index (κ1) is 11.1. The summed E-state index contributed by atoms with van der Waals surface area (Å²) in [4.78, 5) is 19.6. The highest BCUT2D eigenvalue weighted by Crippen LogP contribution is 2.33. The van der Waals surface area contributed by atoms with Crippen LogP contribution in [0.1, 0.15) is 47.9 Å². The maximum absolute atomic E-state index is 11.4. The Balaban J connectivity index is 2.09. The van der Waals surface area contributed by atoms with Crippen LogP contribution in [0, 0.1) is 0 Å². The van der Waals surface area contributed by atoms with Gasteiger partial charge in [0.25, 0.3) is 11.6 Å². The fourth-order valence-corrected chi connectivity index (χ4v) is 2.52. The molecule has 1 fully saturated rings. The normalized spacial score (nSPS) is 16.3. The van der Waals surface area contributed by atoms with E-state index in [1.807, 2.05) is 6.07 Å². The predicted molar refractivity (Wildman–Crippen MR) is 63.3 cm³/mol. The van der Waals surface area contributed by atoms with Gasteiger partial charge >= 0.3 is 5.97 Å². The Morgan fingerprint density at radius 2 is 2.22 bits per heavy atom. The number of methoxy groups -OCH3 is 1. The Labute approximate surface area is 104 Å². The average molecular weight is 246 g/mol. The molecule has 3 rings (SSSR count). The third-order valence-corrected chi connectivity index (χ3v) is 3.41. The van der Waals surface area contributed by atoms with Gasteiger partial charge in [-0.25, -0.2) is 14.3 Å². The van der Waals surface area contributed by atoms with Crippen LogP contribution in [-0.2, 0) is 4.74 Å². The minimum atomic E-state index is -0.530. The number of ether oxygens (including phenoxy) is 1. The third kappa shape index (κ3) is 1.73. The van der Waals surface area contributed by atoms with Gasteiger partial charge in [0.1, 0.15) is 0 Å². The van der Waals surface area contributed by atoms with Crippen molar-refractivity contribution in [3.05, 3.63) is 23.8 Å². The second-order valence-electron chi connectivity index (χ2n) is 4.49. The zero-order chi connectivity index (χ0) is 12.5. The molecule has 1 aliphatic carbocycles. The Bertz CT molecular complexity index is 587. The lowest BCUT2D eigenvalue weighted by Gasteiger charge is -2.09. The fourth-order valence-electron chi connectivity index (χ4n) is 2.52. The number of hydrogen-bond donors (Lipinski definition) is 0. The maximum atomic E-state index is 11.4. The summed E-state index contributed by atoms with van der Waals surface area (Å²) in [6.07, 6.45) is 6.53. The molecule has 1 aliphatic rings. The number of rotatable bonds is 2. The van der Waals surface area contributed by atoms with Crippen LogP contribution in [0.4, 0.5) is 0 Å². The first-order valence-corrected chi connectivity index (χ1v) is 6.09. The van der Waals surface area contributed by atoms with E-state index in [4.69, 9.17) is 0 Å². The first-order valence-electron chi connectivity index (χ1n) is 6.09. The molecule has 94 valence electrons. The molecule has 6 nitrogen and oxygen atoms in total. The van der Waals surface area contributed by atoms with Gasteiger partial charge in [-0.3, -0.25) is 0 Å². The molecule has 2 aromatic rings. The van der Waals surface area contributed by atoms with Crippen molar-refractivity contribution < 1.29 is 9.53 Å². The van der Waals surface area contributed by atoms with Gasteiger partial charge in [-0.1, -0.05) is 12.8 Å². The van der Waals surface area contributed by atoms with Crippen molar-refractivity contribution in [2.45, 2.75) is 31.6 Å². The molecule has 0 atom stereocenters. The van der Waals surface area contributed by atoms with E-state index < -0.39 is 5.97 Å². The maximum Gasteiger partial charge on any atom is 0.378 e. The van der Waals surface area contributed by atoms with E-state index in [-0.39, 0.29) is 5.82 Å². The minimum Gasteiger partial charge on any atom is -0.463 e. The Morgan fingerprint density at radius 3 is 2.94 bits per heavy atom. The number of carbonyl (C=O) groups excluding carboxylic acids is 1. The zero-order valence-corrected chi connectivity index (χ0v) is 10.2. The van der Waals surface area contributed by atoms with E-state index in [1.54, 1.807) is 10.7 Å². The molecular formula is C12H14N4O2. The summed E-state index contributed by atoms with van der Waals surface area (Å²) in [6.45, 7) is 0. The molecule has 6 heteroatoms. The first-order chi connectivity index (χ1) is 8.79. The van der Waals surface area contributed by atoms with Crippen molar-refractivity contribution in [3.8, 4) is 0 Å². The molecule has 0 aromatic carbocycles. The summed E-state index contributed by atoms with van der Waals surface area (Å²) in [5, 5.41) is 4.20. The van der Waals surface area contributed by atoms with Crippen LogP contribution < -0.4 is 0 Å². The van der Waals surface area contributed by atoms with E-state index in [0.29, 0.717) is 11.7 Å². The van der Waals surface area contributed by atoms with Crippen molar-refractivity contribution in [2.75, 3.05) is 7.11 Å². The second-order valence-corrected chi connectivity index (χ2v) is 4.49. The number of aromatic nitrogens is 4. The highest BCUT2D eigenvalue weighted by molar-refractivity contribution is 5.85. The predicted octanol–water partition coefficient (Wildman–Crippen LogP) is 1.57. The molecular weight excluding hydrogens is 232 g/mol. The lowest BCUT2D eigenvalue weighted by molar-refractivity contribution is 0.0587. The quantitative estimate of drug-likeness (QED) is 0.752. The monoisotopic (exact) mass is 246 g/mol.